The van der Waals surface area contributed by atoms with Crippen molar-refractivity contribution >= 4 is 121 Å². The smallest absolute Gasteiger partial charge is 0.396 e. The summed E-state index contributed by atoms with van der Waals surface area (Å²) in [7, 11) is 21.5. The average molecular weight is 1330 g/mol. The Balaban J connectivity index is 0.000000127. The van der Waals surface area contributed by atoms with Crippen molar-refractivity contribution in [2.75, 3.05) is 59.3 Å². The third-order valence-corrected chi connectivity index (χ3v) is 20.7. The normalized spacial score (nSPS) is 13.7. The van der Waals surface area contributed by atoms with Gasteiger partial charge in [-0.15, -0.1) is 0 Å². The topological polar surface area (TPSA) is 35.6 Å². The van der Waals surface area contributed by atoms with Gasteiger partial charge in [0.05, 0.1) is 0 Å². The van der Waals surface area contributed by atoms with Gasteiger partial charge >= 0.3 is 34.2 Å². The Morgan fingerprint density at radius 2 is 0.653 bits per heavy atom. The molecule has 0 radical (unpaired) electrons. The number of nitrogens with zero attached hydrogens (tertiary/aromatic N) is 10. The largest absolute Gasteiger partial charge is 0.405 e. The Labute approximate surface area is 606 Å². The van der Waals surface area contributed by atoms with Gasteiger partial charge in [-0.2, -0.15) is 0 Å². The first-order valence-electron chi connectivity index (χ1n) is 35.9. The van der Waals surface area contributed by atoms with Gasteiger partial charge in [0.1, 0.15) is 35.2 Å². The standard InChI is InChI=1S/C19H24BN2.C18H22BN2.C17H20BN2.2C16H18BN2/c1-15(2)13-16-10-12-21(3)19(14-16)20-11-9-17-7-5-6-8-18(17)22(20)4;1-14(2)16-10-12-20(3)18(13-16)19-11-9-15-7-5-6-8-17(15)21(19)4;1-13-11-17(19(3)12-14(13)2)18-10-9-15-7-5-6-8-16(15)20(18)4;1-13-9-11-18(2)16(12-13)17-10-8-14-6-4-5-7-15(14)19(17)3;1-13-8-9-16(18(2)12-13)17-11-10-14-6-4-5-7-15(14)19(17)3/h5-12,14-15H,13H2,1-4H3;5-14H,1-4H3;5-12H,1-4H3;2*4-12H,1-3H3/q5*+1. The SMILES string of the molecule is CC(C)Cc1cc[n+](C)c(B2C=Cc3ccccc3N2C)c1.CC(C)c1cc[n+](C)c(B2C=Cc3ccccc3N2C)c1.Cc1cc(B2C=Cc3ccccc3N2C)[n+](C)cc1C.Cc1cc[n+](C)c(B2C=Cc3ccccc3N2C)c1.Cc1ccc(B2C=Cc3ccccc3N2C)[n+](C)c1. The Morgan fingerprint density at radius 3 is 1.04 bits per heavy atom. The van der Waals surface area contributed by atoms with E-state index >= 15 is 0 Å². The number of fused-ring (bicyclic) bond motifs is 5. The molecule has 0 fully saturated rings. The van der Waals surface area contributed by atoms with Crippen LogP contribution < -0.4 is 74.9 Å². The molecule has 0 amide bonds. The minimum Gasteiger partial charge on any atom is -0.405 e. The van der Waals surface area contributed by atoms with Crippen LogP contribution >= 0.6 is 0 Å². The van der Waals surface area contributed by atoms with Crippen molar-refractivity contribution in [3.05, 3.63) is 298 Å². The quantitative estimate of drug-likeness (QED) is 0.112. The van der Waals surface area contributed by atoms with Crippen LogP contribution in [0.15, 0.2) is 237 Å². The van der Waals surface area contributed by atoms with Crippen molar-refractivity contribution in [2.45, 2.75) is 67.7 Å². The maximum absolute atomic E-state index is 2.36. The van der Waals surface area contributed by atoms with Crippen molar-refractivity contribution in [3.8, 4) is 0 Å². The van der Waals surface area contributed by atoms with Gasteiger partial charge < -0.3 is 24.1 Å². The van der Waals surface area contributed by atoms with Crippen molar-refractivity contribution < 1.29 is 22.8 Å². The summed E-state index contributed by atoms with van der Waals surface area (Å²) < 4.78 is 11.1. The molecule has 101 heavy (non-hydrogen) atoms. The van der Waals surface area contributed by atoms with Gasteiger partial charge in [-0.3, -0.25) is 0 Å². The van der Waals surface area contributed by atoms with Gasteiger partial charge in [0.2, 0.25) is 0 Å². The highest BCUT2D eigenvalue weighted by Crippen LogP contribution is 2.30. The summed E-state index contributed by atoms with van der Waals surface area (Å²) in [6.45, 7) is 19.1. The molecule has 15 rings (SSSR count). The van der Waals surface area contributed by atoms with E-state index in [4.69, 9.17) is 0 Å². The van der Waals surface area contributed by atoms with Gasteiger partial charge in [-0.05, 0) is 174 Å². The lowest BCUT2D eigenvalue weighted by molar-refractivity contribution is -0.654. The lowest BCUT2D eigenvalue weighted by Crippen LogP contribution is -2.60. The zero-order valence-electron chi connectivity index (χ0n) is 63.1. The van der Waals surface area contributed by atoms with Crippen LogP contribution in [0.1, 0.15) is 94.8 Å². The molecule has 0 atom stereocenters. The molecule has 5 aromatic heterocycles. The number of hydrogen-bond donors (Lipinski definition) is 0. The van der Waals surface area contributed by atoms with Crippen LogP contribution in [0.5, 0.6) is 0 Å². The predicted molar refractivity (Wildman–Crippen MR) is 436 cm³/mol. The highest BCUT2D eigenvalue weighted by Gasteiger charge is 2.37. The zero-order valence-corrected chi connectivity index (χ0v) is 63.1. The van der Waals surface area contributed by atoms with Crippen molar-refractivity contribution in [2.24, 2.45) is 41.2 Å². The third kappa shape index (κ3) is 16.4. The Kier molecular flexibility index (Phi) is 22.9. The second-order valence-electron chi connectivity index (χ2n) is 28.8. The molecule has 5 aliphatic heterocycles. The van der Waals surface area contributed by atoms with Crippen LogP contribution in [-0.4, -0.2) is 69.5 Å². The van der Waals surface area contributed by atoms with Crippen LogP contribution in [0.2, 0.25) is 0 Å². The number of aryl methyl sites for hydroxylation is 9. The summed E-state index contributed by atoms with van der Waals surface area (Å²) >= 11 is 0. The Hall–Kier alpha value is -10.1. The van der Waals surface area contributed by atoms with Crippen LogP contribution in [0.4, 0.5) is 28.4 Å². The Morgan fingerprint density at radius 1 is 0.317 bits per heavy atom. The number of benzene rings is 5. The molecule has 10 heterocycles. The molecule has 10 nitrogen and oxygen atoms in total. The fourth-order valence-electron chi connectivity index (χ4n) is 14.6. The molecule has 0 saturated heterocycles. The van der Waals surface area contributed by atoms with E-state index in [0.717, 1.165) is 6.42 Å². The lowest BCUT2D eigenvalue weighted by Gasteiger charge is -2.28. The lowest BCUT2D eigenvalue weighted by atomic mass is 9.54. The number of rotatable bonds is 8. The fraction of sp³-hybridized carbons (Fsp3) is 0.244. The summed E-state index contributed by atoms with van der Waals surface area (Å²) in [6.07, 6.45) is 23.2. The molecule has 0 saturated carbocycles. The van der Waals surface area contributed by atoms with E-state index in [1.807, 2.05) is 0 Å². The van der Waals surface area contributed by atoms with E-state index in [-0.39, 0.29) is 20.5 Å². The second kappa shape index (κ2) is 32.0. The molecule has 0 spiro atoms. The van der Waals surface area contributed by atoms with Crippen molar-refractivity contribution in [3.63, 3.8) is 0 Å². The molecule has 0 N–H and O–H groups in total. The fourth-order valence-corrected chi connectivity index (χ4v) is 14.6. The van der Waals surface area contributed by atoms with Gasteiger partial charge in [0.15, 0.2) is 59.0 Å². The van der Waals surface area contributed by atoms with E-state index < -0.39 is 0 Å². The highest BCUT2D eigenvalue weighted by atomic mass is 15.1. The zero-order chi connectivity index (χ0) is 71.8. The van der Waals surface area contributed by atoms with Crippen LogP contribution in [-0.2, 0) is 41.7 Å². The molecule has 506 valence electrons. The summed E-state index contributed by atoms with van der Waals surface area (Å²) in [4.78, 5) is 11.7. The molecular formula is C86H102B5N10+5. The molecule has 0 aliphatic carbocycles. The van der Waals surface area contributed by atoms with Gasteiger partial charge in [0, 0.05) is 82.0 Å². The molecule has 0 bridgehead atoms. The minimum atomic E-state index is 0.281. The molecule has 0 unspecified atom stereocenters. The van der Waals surface area contributed by atoms with Crippen LogP contribution in [0.3, 0.4) is 0 Å². The number of aromatic nitrogens is 5. The summed E-state index contributed by atoms with van der Waals surface area (Å²) in [6, 6.07) is 63.0. The monoisotopic (exact) mass is 1330 g/mol. The van der Waals surface area contributed by atoms with E-state index in [9.17, 15) is 0 Å². The van der Waals surface area contributed by atoms with Crippen molar-refractivity contribution in [1.29, 1.82) is 0 Å². The number of para-hydroxylation sites is 5. The summed E-state index contributed by atoms with van der Waals surface area (Å²) in [5.74, 6) is 12.7. The van der Waals surface area contributed by atoms with E-state index in [1.165, 1.54) is 118 Å². The summed E-state index contributed by atoms with van der Waals surface area (Å²) in [5, 5.41) is 0. The van der Waals surface area contributed by atoms with E-state index in [0.29, 0.717) is 25.5 Å². The van der Waals surface area contributed by atoms with Crippen LogP contribution in [0, 0.1) is 33.6 Å². The van der Waals surface area contributed by atoms with Gasteiger partial charge in [-0.25, -0.2) is 22.8 Å². The second-order valence-corrected chi connectivity index (χ2v) is 28.8. The van der Waals surface area contributed by atoms with E-state index in [1.54, 1.807) is 0 Å². The maximum Gasteiger partial charge on any atom is 0.396 e. The molecule has 5 aromatic carbocycles. The average Bonchev–Trinajstić information content (AvgIpc) is 0.811. The molecular weight excluding hydrogens is 1230 g/mol. The predicted octanol–water partition coefficient (Wildman–Crippen LogP) is 10.6. The Bertz CT molecular complexity index is 4770. The first kappa shape index (κ1) is 72.1. The number of hydrogen-bond acceptors (Lipinski definition) is 5. The van der Waals surface area contributed by atoms with Crippen molar-refractivity contribution in [1.82, 2.24) is 0 Å². The van der Waals surface area contributed by atoms with Gasteiger partial charge in [0.25, 0.3) is 0 Å². The molecule has 15 heteroatoms. The number of pyridine rings is 5. The minimum absolute atomic E-state index is 0.281. The third-order valence-electron chi connectivity index (χ3n) is 20.7. The molecule has 10 aromatic rings. The maximum atomic E-state index is 2.36. The van der Waals surface area contributed by atoms with Crippen LogP contribution in [0.25, 0.3) is 30.4 Å². The molecule has 5 aliphatic rings. The highest BCUT2D eigenvalue weighted by molar-refractivity contribution is 6.83. The first-order valence-corrected chi connectivity index (χ1v) is 35.9. The van der Waals surface area contributed by atoms with Gasteiger partial charge in [-0.1, -0.05) is 179 Å². The summed E-state index contributed by atoms with van der Waals surface area (Å²) in [5.41, 5.74) is 27.6. The first-order chi connectivity index (χ1) is 48.5. The number of anilines is 5. The van der Waals surface area contributed by atoms with E-state index in [2.05, 4.69) is 440 Å².